The predicted molar refractivity (Wildman–Crippen MR) is 323 cm³/mol. The summed E-state index contributed by atoms with van der Waals surface area (Å²) in [5.41, 5.74) is 18.9. The topological polar surface area (TPSA) is 0 Å². The van der Waals surface area contributed by atoms with Crippen LogP contribution in [0.4, 0.5) is 0 Å². The second-order valence-electron chi connectivity index (χ2n) is 21.6. The molecule has 4 aromatic heterocycles. The van der Waals surface area contributed by atoms with Crippen molar-refractivity contribution in [2.24, 2.45) is 0 Å². The van der Waals surface area contributed by atoms with E-state index in [0.29, 0.717) is 33.2 Å². The minimum atomic E-state index is -2.13. The number of hydrogen-bond donors (Lipinski definition) is 0. The Kier molecular flexibility index (Phi) is 12.1. The number of benzene rings is 7. The molecule has 0 aliphatic heterocycles. The molecule has 0 atom stereocenters. The van der Waals surface area contributed by atoms with Gasteiger partial charge in [-0.2, -0.15) is 0 Å². The molecule has 0 aliphatic rings. The Bertz CT molecular complexity index is 3570. The van der Waals surface area contributed by atoms with Crippen molar-refractivity contribution in [3.63, 3.8) is 0 Å². The molecule has 0 amide bonds. The summed E-state index contributed by atoms with van der Waals surface area (Å²) in [5, 5.41) is 10.9. The van der Waals surface area contributed by atoms with Crippen molar-refractivity contribution in [1.82, 2.24) is 0 Å². The summed E-state index contributed by atoms with van der Waals surface area (Å²) in [5.74, 6) is 8.23. The van der Waals surface area contributed by atoms with Crippen LogP contribution in [-0.2, 0) is 0 Å². The first-order valence-electron chi connectivity index (χ1n) is 25.4. The van der Waals surface area contributed by atoms with E-state index in [4.69, 9.17) is 0 Å². The van der Waals surface area contributed by atoms with Crippen molar-refractivity contribution in [3.8, 4) is 64.7 Å². The van der Waals surface area contributed by atoms with E-state index in [1.807, 2.05) is 45.3 Å². The highest BCUT2D eigenvalue weighted by Gasteiger charge is 2.43. The smallest absolute Gasteiger partial charge is 0.135 e. The van der Waals surface area contributed by atoms with E-state index >= 15 is 0 Å². The lowest BCUT2D eigenvalue weighted by atomic mass is 9.93. The number of thiophene rings is 4. The van der Waals surface area contributed by atoms with Gasteiger partial charge in [0.2, 0.25) is 0 Å². The van der Waals surface area contributed by atoms with Gasteiger partial charge in [-0.25, -0.2) is 0 Å². The van der Waals surface area contributed by atoms with Gasteiger partial charge in [0.1, 0.15) is 16.1 Å². The van der Waals surface area contributed by atoms with Gasteiger partial charge in [-0.15, -0.1) is 56.4 Å². The van der Waals surface area contributed by atoms with Crippen molar-refractivity contribution in [2.45, 2.75) is 116 Å². The van der Waals surface area contributed by atoms with E-state index in [2.05, 4.69) is 227 Å². The molecule has 0 radical (unpaired) electrons. The molecular formula is C64H62S4Si2. The molecule has 0 fully saturated rings. The van der Waals surface area contributed by atoms with E-state index in [1.54, 1.807) is 0 Å². The third kappa shape index (κ3) is 7.22. The maximum atomic E-state index is 4.24. The third-order valence-corrected chi connectivity index (χ3v) is 33.7. The van der Waals surface area contributed by atoms with Gasteiger partial charge in [-0.3, -0.25) is 0 Å². The molecule has 0 spiro atoms. The normalized spacial score (nSPS) is 12.8. The maximum Gasteiger partial charge on any atom is 0.146 e. The second kappa shape index (κ2) is 17.9. The zero-order valence-electron chi connectivity index (χ0n) is 42.6. The third-order valence-electron chi connectivity index (χ3n) is 16.3. The van der Waals surface area contributed by atoms with Crippen molar-refractivity contribution in [2.75, 3.05) is 0 Å². The molecule has 0 aliphatic carbocycles. The maximum absolute atomic E-state index is 4.24. The van der Waals surface area contributed by atoms with Gasteiger partial charge < -0.3 is 0 Å². The Balaban J connectivity index is 1.23. The van der Waals surface area contributed by atoms with E-state index in [9.17, 15) is 0 Å². The van der Waals surface area contributed by atoms with Crippen LogP contribution in [0.25, 0.3) is 104 Å². The van der Waals surface area contributed by atoms with Gasteiger partial charge in [0.25, 0.3) is 0 Å². The Morgan fingerprint density at radius 1 is 0.329 bits per heavy atom. The summed E-state index contributed by atoms with van der Waals surface area (Å²) in [7, 11) is -4.25. The highest BCUT2D eigenvalue weighted by atomic mass is 32.1. The van der Waals surface area contributed by atoms with Crippen LogP contribution in [-0.4, -0.2) is 16.1 Å². The summed E-state index contributed by atoms with van der Waals surface area (Å²) in [6.45, 7) is 29.2. The molecule has 7 aromatic carbocycles. The lowest BCUT2D eigenvalue weighted by Gasteiger charge is -2.38. The summed E-state index contributed by atoms with van der Waals surface area (Å²) in [6.07, 6.45) is 0. The van der Waals surface area contributed by atoms with Gasteiger partial charge in [-0.05, 0) is 80.8 Å². The Morgan fingerprint density at radius 2 is 0.600 bits per heavy atom. The van der Waals surface area contributed by atoms with Crippen LogP contribution in [0.5, 0.6) is 0 Å². The molecule has 70 heavy (non-hydrogen) atoms. The fourth-order valence-corrected chi connectivity index (χ4v) is 28.3. The quantitative estimate of drug-likeness (QED) is 0.0946. The van der Waals surface area contributed by atoms with Crippen LogP contribution in [0.2, 0.25) is 33.2 Å². The molecule has 0 saturated heterocycles. The first kappa shape index (κ1) is 47.3. The molecule has 0 N–H and O–H groups in total. The van der Waals surface area contributed by atoms with Crippen molar-refractivity contribution >= 4 is 123 Å². The minimum absolute atomic E-state index is 0.520. The van der Waals surface area contributed by atoms with Crippen molar-refractivity contribution in [3.05, 3.63) is 132 Å². The Labute approximate surface area is 433 Å². The Hall–Kier alpha value is -5.03. The molecule has 0 bridgehead atoms. The van der Waals surface area contributed by atoms with Crippen LogP contribution in [0.15, 0.2) is 121 Å². The van der Waals surface area contributed by atoms with Gasteiger partial charge in [0, 0.05) is 104 Å². The van der Waals surface area contributed by atoms with Gasteiger partial charge in [0.05, 0.1) is 0 Å². The zero-order valence-corrected chi connectivity index (χ0v) is 47.9. The monoisotopic (exact) mass is 1010 g/mol. The van der Waals surface area contributed by atoms with Gasteiger partial charge in [-0.1, -0.05) is 180 Å². The molecule has 350 valence electrons. The summed E-state index contributed by atoms with van der Waals surface area (Å²) < 4.78 is 5.37. The van der Waals surface area contributed by atoms with Crippen molar-refractivity contribution in [1.29, 1.82) is 0 Å². The van der Waals surface area contributed by atoms with Crippen LogP contribution in [0, 0.1) is 22.9 Å². The molecule has 0 nitrogen and oxygen atoms in total. The lowest BCUT2D eigenvalue weighted by molar-refractivity contribution is 0.838. The largest absolute Gasteiger partial charge is 0.146 e. The SMILES string of the molecule is CC(C)[Si](C#Cc1cc(-c2sc3ccc4c(-c5ccccc5)sc5ccc2c3c54)c(C#C[Si](C(C)C)(C(C)C)C(C)C)cc1-c1sc2ccc3c(-c4ccccc4)sc4ccc1c2c43)(C(C)C)C(C)C. The van der Waals surface area contributed by atoms with Crippen LogP contribution >= 0.6 is 45.3 Å². The fraction of sp³-hybridized carbons (Fsp3) is 0.281. The lowest BCUT2D eigenvalue weighted by Crippen LogP contribution is -2.43. The van der Waals surface area contributed by atoms with Gasteiger partial charge >= 0.3 is 0 Å². The van der Waals surface area contributed by atoms with Gasteiger partial charge in [0.15, 0.2) is 0 Å². The van der Waals surface area contributed by atoms with Crippen LogP contribution in [0.1, 0.15) is 94.2 Å². The predicted octanol–water partition coefficient (Wildman–Crippen LogP) is 21.5. The Morgan fingerprint density at radius 3 is 0.886 bits per heavy atom. The highest BCUT2D eigenvalue weighted by molar-refractivity contribution is 7.26. The minimum Gasteiger partial charge on any atom is -0.135 e. The van der Waals surface area contributed by atoms with E-state index in [-0.39, 0.29) is 0 Å². The standard InChI is InChI=1S/C64H62S4Si2/c1-37(2)69(38(3)4,39(5)6)33-31-45-35-52(64-50-26-30-54-58-48(24-28-56(68-64)60(50)58)62(66-54)44-21-17-14-18-22-44)46(32-34-70(40(7)8,41(9)10)42(11)12)36-51(45)63-49-25-29-53-57-47(23-27-55(67-63)59(49)57)61(65-53)43-19-15-13-16-20-43/h13-30,35-42H,1-12H3. The molecule has 11 aromatic rings. The average molecular weight is 1020 g/mol. The van der Waals surface area contributed by atoms with Crippen molar-refractivity contribution < 1.29 is 0 Å². The highest BCUT2D eigenvalue weighted by Crippen LogP contribution is 2.54. The first-order valence-corrected chi connectivity index (χ1v) is 33.1. The molecule has 0 unspecified atom stereocenters. The molecule has 0 saturated carbocycles. The number of hydrogen-bond acceptors (Lipinski definition) is 4. The second-order valence-corrected chi connectivity index (χ2v) is 37.0. The molecule has 4 heterocycles. The number of rotatable bonds is 10. The average Bonchev–Trinajstić information content (AvgIpc) is 4.11. The van der Waals surface area contributed by atoms with E-state index in [1.165, 1.54) is 104 Å². The fourth-order valence-electron chi connectivity index (χ4n) is 13.0. The molecule has 11 rings (SSSR count). The zero-order chi connectivity index (χ0) is 49.0. The van der Waals surface area contributed by atoms with Crippen LogP contribution in [0.3, 0.4) is 0 Å². The van der Waals surface area contributed by atoms with E-state index < -0.39 is 16.1 Å². The molecular weight excluding hydrogens is 953 g/mol. The molecule has 6 heteroatoms. The van der Waals surface area contributed by atoms with Crippen LogP contribution < -0.4 is 0 Å². The summed E-state index contributed by atoms with van der Waals surface area (Å²) in [4.78, 5) is 5.30. The first-order chi connectivity index (χ1) is 33.6. The summed E-state index contributed by atoms with van der Waals surface area (Å²) in [6, 6.07) is 46.0. The van der Waals surface area contributed by atoms with E-state index in [0.717, 1.165) is 11.1 Å². The summed E-state index contributed by atoms with van der Waals surface area (Å²) >= 11 is 7.73.